The first-order chi connectivity index (χ1) is 6.74. The van der Waals surface area contributed by atoms with E-state index in [0.29, 0.717) is 0 Å². The van der Waals surface area contributed by atoms with E-state index in [2.05, 4.69) is 18.0 Å². The maximum Gasteiger partial charge on any atom is 0.0782 e. The van der Waals surface area contributed by atoms with E-state index in [9.17, 15) is 5.11 Å². The molecule has 1 atom stereocenters. The van der Waals surface area contributed by atoms with Gasteiger partial charge in [-0.3, -0.25) is 0 Å². The molecule has 0 aliphatic rings. The zero-order valence-electron chi connectivity index (χ0n) is 8.54. The molecule has 0 aliphatic carbocycles. The average molecular weight is 189 g/mol. The summed E-state index contributed by atoms with van der Waals surface area (Å²) in [6.45, 7) is 3.93. The summed E-state index contributed by atoms with van der Waals surface area (Å²) >= 11 is 0. The van der Waals surface area contributed by atoms with Gasteiger partial charge in [-0.2, -0.15) is 0 Å². The van der Waals surface area contributed by atoms with Crippen molar-refractivity contribution in [2.75, 3.05) is 0 Å². The van der Waals surface area contributed by atoms with E-state index in [0.717, 1.165) is 22.9 Å². The molecule has 0 fully saturated rings. The molecule has 74 valence electrons. The highest BCUT2D eigenvalue weighted by Crippen LogP contribution is 2.26. The van der Waals surface area contributed by atoms with Crippen molar-refractivity contribution in [1.82, 2.24) is 4.98 Å². The molecule has 2 heteroatoms. The van der Waals surface area contributed by atoms with E-state index in [1.165, 1.54) is 5.56 Å². The number of aliphatic hydroxyl groups is 1. The number of aromatic amines is 1. The Morgan fingerprint density at radius 1 is 1.43 bits per heavy atom. The minimum Gasteiger partial charge on any atom is -0.389 e. The van der Waals surface area contributed by atoms with Gasteiger partial charge in [-0.05, 0) is 18.9 Å². The summed E-state index contributed by atoms with van der Waals surface area (Å²) in [6.07, 6.45) is 2.50. The molecule has 0 saturated heterocycles. The Morgan fingerprint density at radius 3 is 2.86 bits per heavy atom. The lowest BCUT2D eigenvalue weighted by Gasteiger charge is -2.03. The average Bonchev–Trinajstić information content (AvgIpc) is 2.60. The molecule has 0 bridgehead atoms. The molecular formula is C12H15NO. The summed E-state index contributed by atoms with van der Waals surface area (Å²) < 4.78 is 0. The monoisotopic (exact) mass is 189 g/mol. The fourth-order valence-electron chi connectivity index (χ4n) is 1.88. The van der Waals surface area contributed by atoms with Crippen molar-refractivity contribution in [1.29, 1.82) is 0 Å². The normalized spacial score (nSPS) is 13.4. The fourth-order valence-corrected chi connectivity index (χ4v) is 1.88. The number of para-hydroxylation sites is 1. The summed E-state index contributed by atoms with van der Waals surface area (Å²) in [7, 11) is 0. The van der Waals surface area contributed by atoms with Gasteiger partial charge < -0.3 is 10.1 Å². The van der Waals surface area contributed by atoms with Gasteiger partial charge in [-0.25, -0.2) is 0 Å². The van der Waals surface area contributed by atoms with E-state index < -0.39 is 6.10 Å². The van der Waals surface area contributed by atoms with Crippen molar-refractivity contribution in [3.8, 4) is 0 Å². The molecule has 1 aromatic heterocycles. The zero-order valence-corrected chi connectivity index (χ0v) is 8.54. The van der Waals surface area contributed by atoms with Crippen molar-refractivity contribution in [3.63, 3.8) is 0 Å². The van der Waals surface area contributed by atoms with Crippen LogP contribution in [-0.4, -0.2) is 10.1 Å². The Balaban J connectivity index is 2.69. The Kier molecular flexibility index (Phi) is 2.30. The largest absolute Gasteiger partial charge is 0.389 e. The number of benzene rings is 1. The molecule has 0 spiro atoms. The predicted octanol–water partition coefficient (Wildman–Crippen LogP) is 2.78. The molecule has 0 radical (unpaired) electrons. The molecule has 1 heterocycles. The number of aromatic nitrogens is 1. The van der Waals surface area contributed by atoms with Crippen LogP contribution < -0.4 is 0 Å². The van der Waals surface area contributed by atoms with E-state index in [1.54, 1.807) is 6.92 Å². The van der Waals surface area contributed by atoms with Crippen LogP contribution in [0.1, 0.15) is 31.1 Å². The third-order valence-corrected chi connectivity index (χ3v) is 2.66. The summed E-state index contributed by atoms with van der Waals surface area (Å²) in [6, 6.07) is 6.21. The predicted molar refractivity (Wildman–Crippen MR) is 58.3 cm³/mol. The second kappa shape index (κ2) is 3.46. The van der Waals surface area contributed by atoms with Gasteiger partial charge in [0.15, 0.2) is 0 Å². The number of aryl methyl sites for hydroxylation is 1. The molecule has 0 amide bonds. The van der Waals surface area contributed by atoms with Gasteiger partial charge in [0.25, 0.3) is 0 Å². The number of fused-ring (bicyclic) bond motifs is 1. The number of hydrogen-bond donors (Lipinski definition) is 2. The van der Waals surface area contributed by atoms with Crippen molar-refractivity contribution >= 4 is 10.9 Å². The van der Waals surface area contributed by atoms with E-state index in [1.807, 2.05) is 18.3 Å². The van der Waals surface area contributed by atoms with Crippen LogP contribution in [0.3, 0.4) is 0 Å². The third kappa shape index (κ3) is 1.32. The van der Waals surface area contributed by atoms with Crippen LogP contribution in [0.5, 0.6) is 0 Å². The lowest BCUT2D eigenvalue weighted by atomic mass is 10.1. The zero-order chi connectivity index (χ0) is 10.1. The Bertz CT molecular complexity index is 443. The standard InChI is InChI=1S/C12H15NO/c1-3-9-5-4-6-10-11(8(2)14)7-13-12(9)10/h4-8,13-14H,3H2,1-2H3/t8-/m1/s1. The maximum absolute atomic E-state index is 9.55. The second-order valence-electron chi connectivity index (χ2n) is 3.61. The Morgan fingerprint density at radius 2 is 2.21 bits per heavy atom. The molecule has 2 N–H and O–H groups in total. The van der Waals surface area contributed by atoms with Crippen molar-refractivity contribution < 1.29 is 5.11 Å². The van der Waals surface area contributed by atoms with Crippen LogP contribution in [-0.2, 0) is 6.42 Å². The fraction of sp³-hybridized carbons (Fsp3) is 0.333. The van der Waals surface area contributed by atoms with Gasteiger partial charge in [0.2, 0.25) is 0 Å². The van der Waals surface area contributed by atoms with Crippen molar-refractivity contribution in [2.45, 2.75) is 26.4 Å². The first-order valence-electron chi connectivity index (χ1n) is 5.01. The smallest absolute Gasteiger partial charge is 0.0782 e. The van der Waals surface area contributed by atoms with Gasteiger partial charge in [0.1, 0.15) is 0 Å². The quantitative estimate of drug-likeness (QED) is 0.748. The van der Waals surface area contributed by atoms with Gasteiger partial charge in [0, 0.05) is 22.7 Å². The molecular weight excluding hydrogens is 174 g/mol. The highest BCUT2D eigenvalue weighted by atomic mass is 16.3. The molecule has 2 nitrogen and oxygen atoms in total. The first kappa shape index (κ1) is 9.28. The summed E-state index contributed by atoms with van der Waals surface area (Å²) in [4.78, 5) is 3.23. The van der Waals surface area contributed by atoms with Crippen LogP contribution in [0, 0.1) is 0 Å². The molecule has 14 heavy (non-hydrogen) atoms. The SMILES string of the molecule is CCc1cccc2c([C@@H](C)O)c[nH]c12. The first-order valence-corrected chi connectivity index (χ1v) is 5.01. The van der Waals surface area contributed by atoms with Gasteiger partial charge in [-0.1, -0.05) is 25.1 Å². The van der Waals surface area contributed by atoms with Crippen molar-refractivity contribution in [2.24, 2.45) is 0 Å². The minimum absolute atomic E-state index is 0.407. The summed E-state index contributed by atoms with van der Waals surface area (Å²) in [5.74, 6) is 0. The molecule has 0 unspecified atom stereocenters. The maximum atomic E-state index is 9.55. The van der Waals surface area contributed by atoms with Gasteiger partial charge >= 0.3 is 0 Å². The number of aliphatic hydroxyl groups excluding tert-OH is 1. The van der Waals surface area contributed by atoms with Crippen LogP contribution in [0.2, 0.25) is 0 Å². The third-order valence-electron chi connectivity index (χ3n) is 2.66. The van der Waals surface area contributed by atoms with Crippen LogP contribution >= 0.6 is 0 Å². The van der Waals surface area contributed by atoms with E-state index in [-0.39, 0.29) is 0 Å². The van der Waals surface area contributed by atoms with Crippen LogP contribution in [0.15, 0.2) is 24.4 Å². The van der Waals surface area contributed by atoms with E-state index >= 15 is 0 Å². The summed E-state index contributed by atoms with van der Waals surface area (Å²) in [5.41, 5.74) is 3.44. The lowest BCUT2D eigenvalue weighted by molar-refractivity contribution is 0.201. The number of H-pyrrole nitrogens is 1. The van der Waals surface area contributed by atoms with Gasteiger partial charge in [0.05, 0.1) is 6.10 Å². The molecule has 0 aliphatic heterocycles. The second-order valence-corrected chi connectivity index (χ2v) is 3.61. The number of hydrogen-bond acceptors (Lipinski definition) is 1. The van der Waals surface area contributed by atoms with Crippen LogP contribution in [0.4, 0.5) is 0 Å². The molecule has 2 rings (SSSR count). The van der Waals surface area contributed by atoms with Gasteiger partial charge in [-0.15, -0.1) is 0 Å². The lowest BCUT2D eigenvalue weighted by Crippen LogP contribution is -1.88. The minimum atomic E-state index is -0.407. The van der Waals surface area contributed by atoms with Crippen molar-refractivity contribution in [3.05, 3.63) is 35.5 Å². The molecule has 0 saturated carbocycles. The Hall–Kier alpha value is -1.28. The molecule has 1 aromatic carbocycles. The highest BCUT2D eigenvalue weighted by molar-refractivity contribution is 5.86. The number of rotatable bonds is 2. The summed E-state index contributed by atoms with van der Waals surface area (Å²) in [5, 5.41) is 10.7. The topological polar surface area (TPSA) is 36.0 Å². The van der Waals surface area contributed by atoms with Crippen LogP contribution in [0.25, 0.3) is 10.9 Å². The Labute approximate surface area is 83.6 Å². The highest BCUT2D eigenvalue weighted by Gasteiger charge is 2.09. The number of nitrogens with one attached hydrogen (secondary N) is 1. The van der Waals surface area contributed by atoms with E-state index in [4.69, 9.17) is 0 Å². The molecule has 2 aromatic rings.